The van der Waals surface area contributed by atoms with Gasteiger partial charge in [-0.05, 0) is 36.5 Å². The van der Waals surface area contributed by atoms with Crippen LogP contribution in [-0.4, -0.2) is 35.1 Å². The number of benzene rings is 1. The van der Waals surface area contributed by atoms with Crippen LogP contribution >= 0.6 is 0 Å². The highest BCUT2D eigenvalue weighted by Gasteiger charge is 2.44. The first kappa shape index (κ1) is 17.4. The average molecular weight is 365 g/mol. The molecule has 2 aliphatic heterocycles. The van der Waals surface area contributed by atoms with Gasteiger partial charge in [0.2, 0.25) is 0 Å². The van der Waals surface area contributed by atoms with E-state index in [9.17, 15) is 18.0 Å². The van der Waals surface area contributed by atoms with Crippen molar-refractivity contribution in [3.63, 3.8) is 0 Å². The predicted octanol–water partition coefficient (Wildman–Crippen LogP) is 3.31. The van der Waals surface area contributed by atoms with Crippen molar-refractivity contribution in [3.8, 4) is 0 Å². The summed E-state index contributed by atoms with van der Waals surface area (Å²) >= 11 is 0. The van der Waals surface area contributed by atoms with E-state index in [1.165, 1.54) is 17.8 Å². The average Bonchev–Trinajstić information content (AvgIpc) is 3.24. The van der Waals surface area contributed by atoms with Crippen molar-refractivity contribution in [1.82, 2.24) is 15.1 Å². The minimum Gasteiger partial charge on any atom is -0.341 e. The molecule has 0 saturated carbocycles. The molecule has 26 heavy (non-hydrogen) atoms. The lowest BCUT2D eigenvalue weighted by molar-refractivity contribution is -0.138. The second-order valence-corrected chi connectivity index (χ2v) is 7.26. The number of fused-ring (bicyclic) bond motifs is 2. The van der Waals surface area contributed by atoms with Crippen LogP contribution in [0.3, 0.4) is 0 Å². The molecule has 1 amide bonds. The standard InChI is InChI=1S/C19H22F3N3O/c1-2-12-9-15-16(10-12)24-8-7-23-18(24)25(17(15)26)11-13-3-5-14(6-4-13)19(20,21)22/h3-6,12,18,23H,2,7-11H2,1H3/t12-,18?/m0/s1. The monoisotopic (exact) mass is 365 g/mol. The molecule has 4 rings (SSSR count). The van der Waals surface area contributed by atoms with E-state index in [0.717, 1.165) is 50.1 Å². The lowest BCUT2D eigenvalue weighted by atomic mass is 10.0. The predicted molar refractivity (Wildman–Crippen MR) is 90.5 cm³/mol. The van der Waals surface area contributed by atoms with Gasteiger partial charge in [-0.15, -0.1) is 0 Å². The topological polar surface area (TPSA) is 35.6 Å². The highest BCUT2D eigenvalue weighted by Crippen LogP contribution is 2.41. The van der Waals surface area contributed by atoms with Gasteiger partial charge in [-0.3, -0.25) is 10.1 Å². The zero-order valence-corrected chi connectivity index (χ0v) is 14.6. The number of carbonyl (C=O) groups excluding carboxylic acids is 1. The van der Waals surface area contributed by atoms with Crippen LogP contribution in [0.1, 0.15) is 37.3 Å². The van der Waals surface area contributed by atoms with E-state index >= 15 is 0 Å². The van der Waals surface area contributed by atoms with E-state index in [2.05, 4.69) is 17.1 Å². The molecule has 7 heteroatoms. The number of allylic oxidation sites excluding steroid dienone is 1. The summed E-state index contributed by atoms with van der Waals surface area (Å²) in [5, 5.41) is 3.36. The van der Waals surface area contributed by atoms with E-state index < -0.39 is 11.7 Å². The molecule has 2 heterocycles. The summed E-state index contributed by atoms with van der Waals surface area (Å²) in [4.78, 5) is 17.1. The SMILES string of the molecule is CC[C@H]1CC2=C(C1)N1CCNC1N(Cc1ccc(C(F)(F)F)cc1)C2=O. The summed E-state index contributed by atoms with van der Waals surface area (Å²) < 4.78 is 38.2. The van der Waals surface area contributed by atoms with Crippen LogP contribution in [0, 0.1) is 5.92 Å². The first-order chi connectivity index (χ1) is 12.4. The smallest absolute Gasteiger partial charge is 0.341 e. The largest absolute Gasteiger partial charge is 0.416 e. The molecule has 3 aliphatic rings. The van der Waals surface area contributed by atoms with Crippen LogP contribution < -0.4 is 5.32 Å². The summed E-state index contributed by atoms with van der Waals surface area (Å²) in [5.74, 6) is 0.530. The number of amides is 1. The lowest BCUT2D eigenvalue weighted by Crippen LogP contribution is -2.55. The quantitative estimate of drug-likeness (QED) is 0.893. The number of alkyl halides is 3. The maximum absolute atomic E-state index is 13.1. The normalized spacial score (nSPS) is 25.8. The Balaban J connectivity index is 1.58. The van der Waals surface area contributed by atoms with E-state index in [-0.39, 0.29) is 12.2 Å². The summed E-state index contributed by atoms with van der Waals surface area (Å²) in [5.41, 5.74) is 2.09. The van der Waals surface area contributed by atoms with Crippen molar-refractivity contribution in [3.05, 3.63) is 46.7 Å². The summed E-state index contributed by atoms with van der Waals surface area (Å²) in [6.45, 7) is 4.11. The van der Waals surface area contributed by atoms with Crippen LogP contribution in [0.4, 0.5) is 13.2 Å². The first-order valence-corrected chi connectivity index (χ1v) is 9.07. The highest BCUT2D eigenvalue weighted by molar-refractivity contribution is 5.95. The van der Waals surface area contributed by atoms with Crippen molar-refractivity contribution >= 4 is 5.91 Å². The van der Waals surface area contributed by atoms with Gasteiger partial charge in [-0.25, -0.2) is 0 Å². The van der Waals surface area contributed by atoms with Crippen LogP contribution in [0.5, 0.6) is 0 Å². The van der Waals surface area contributed by atoms with E-state index in [0.29, 0.717) is 18.0 Å². The molecule has 1 unspecified atom stereocenters. The van der Waals surface area contributed by atoms with E-state index in [1.54, 1.807) is 4.90 Å². The van der Waals surface area contributed by atoms with Crippen molar-refractivity contribution in [2.75, 3.05) is 13.1 Å². The van der Waals surface area contributed by atoms with Crippen molar-refractivity contribution in [2.45, 2.75) is 45.2 Å². The Morgan fingerprint density at radius 1 is 1.19 bits per heavy atom. The van der Waals surface area contributed by atoms with Crippen LogP contribution in [0.2, 0.25) is 0 Å². The molecule has 0 radical (unpaired) electrons. The number of nitrogens with zero attached hydrogens (tertiary/aromatic N) is 2. The van der Waals surface area contributed by atoms with Crippen LogP contribution in [0.15, 0.2) is 35.5 Å². The maximum atomic E-state index is 13.1. The van der Waals surface area contributed by atoms with Gasteiger partial charge in [-0.2, -0.15) is 13.2 Å². The molecule has 2 atom stereocenters. The molecule has 0 spiro atoms. The molecule has 4 nitrogen and oxygen atoms in total. The number of nitrogens with one attached hydrogen (secondary N) is 1. The van der Waals surface area contributed by atoms with Gasteiger partial charge < -0.3 is 9.80 Å². The minimum atomic E-state index is -4.35. The van der Waals surface area contributed by atoms with Gasteiger partial charge in [0, 0.05) is 30.9 Å². The molecule has 0 bridgehead atoms. The maximum Gasteiger partial charge on any atom is 0.416 e. The number of hydrogen-bond acceptors (Lipinski definition) is 3. The van der Waals surface area contributed by atoms with Gasteiger partial charge in [0.15, 0.2) is 6.29 Å². The first-order valence-electron chi connectivity index (χ1n) is 9.07. The van der Waals surface area contributed by atoms with Gasteiger partial charge in [0.25, 0.3) is 5.91 Å². The molecular weight excluding hydrogens is 343 g/mol. The number of carbonyl (C=O) groups is 1. The summed E-state index contributed by atoms with van der Waals surface area (Å²) in [6.07, 6.45) is -1.74. The molecule has 1 saturated heterocycles. The number of hydrogen-bond donors (Lipinski definition) is 1. The third-order valence-electron chi connectivity index (χ3n) is 5.67. The molecule has 0 aromatic heterocycles. The zero-order valence-electron chi connectivity index (χ0n) is 14.6. The fraction of sp³-hybridized carbons (Fsp3) is 0.526. The number of rotatable bonds is 3. The van der Waals surface area contributed by atoms with Crippen LogP contribution in [0.25, 0.3) is 0 Å². The highest BCUT2D eigenvalue weighted by atomic mass is 19.4. The Hall–Kier alpha value is -2.02. The van der Waals surface area contributed by atoms with Gasteiger partial charge in [0.1, 0.15) is 0 Å². The Labute approximate surface area is 150 Å². The Morgan fingerprint density at radius 3 is 2.58 bits per heavy atom. The summed E-state index contributed by atoms with van der Waals surface area (Å²) in [7, 11) is 0. The van der Waals surface area contributed by atoms with E-state index in [1.807, 2.05) is 0 Å². The molecule has 1 aromatic carbocycles. The molecule has 140 valence electrons. The van der Waals surface area contributed by atoms with Gasteiger partial charge in [-0.1, -0.05) is 25.5 Å². The molecule has 1 N–H and O–H groups in total. The molecule has 1 fully saturated rings. The summed E-state index contributed by atoms with van der Waals surface area (Å²) in [6, 6.07) is 5.08. The van der Waals surface area contributed by atoms with Crippen molar-refractivity contribution < 1.29 is 18.0 Å². The van der Waals surface area contributed by atoms with Gasteiger partial charge in [0.05, 0.1) is 5.56 Å². The lowest BCUT2D eigenvalue weighted by Gasteiger charge is -2.41. The Morgan fingerprint density at radius 2 is 1.92 bits per heavy atom. The third kappa shape index (κ3) is 2.88. The fourth-order valence-electron chi connectivity index (χ4n) is 4.21. The second kappa shape index (κ2) is 6.30. The van der Waals surface area contributed by atoms with Gasteiger partial charge >= 0.3 is 6.18 Å². The second-order valence-electron chi connectivity index (χ2n) is 7.26. The molecule has 1 aliphatic carbocycles. The third-order valence-corrected chi connectivity index (χ3v) is 5.67. The van der Waals surface area contributed by atoms with Crippen molar-refractivity contribution in [2.24, 2.45) is 5.92 Å². The molecular formula is C19H22F3N3O. The Bertz CT molecular complexity index is 741. The minimum absolute atomic E-state index is 0.0199. The number of halogens is 3. The molecule has 1 aromatic rings. The fourth-order valence-corrected chi connectivity index (χ4v) is 4.21. The zero-order chi connectivity index (χ0) is 18.5. The van der Waals surface area contributed by atoms with Crippen LogP contribution in [-0.2, 0) is 17.5 Å². The van der Waals surface area contributed by atoms with Crippen molar-refractivity contribution in [1.29, 1.82) is 0 Å². The van der Waals surface area contributed by atoms with E-state index in [4.69, 9.17) is 0 Å². The Kier molecular flexibility index (Phi) is 4.22.